The summed E-state index contributed by atoms with van der Waals surface area (Å²) in [6, 6.07) is 13.7. The third kappa shape index (κ3) is 7.81. The summed E-state index contributed by atoms with van der Waals surface area (Å²) in [6.45, 7) is 3.47. The Labute approximate surface area is 180 Å². The molecule has 0 saturated carbocycles. The number of nitrogens with one attached hydrogen (secondary N) is 3. The molecular weight excluding hydrogens is 400 g/mol. The van der Waals surface area contributed by atoms with Crippen molar-refractivity contribution in [1.82, 2.24) is 10.7 Å². The minimum Gasteiger partial charge on any atom is -0.497 e. The van der Waals surface area contributed by atoms with Gasteiger partial charge in [0, 0.05) is 23.4 Å². The Kier molecular flexibility index (Phi) is 9.03. The third-order valence-corrected chi connectivity index (χ3v) is 4.20. The monoisotopic (exact) mass is 426 g/mol. The molecule has 0 heterocycles. The van der Waals surface area contributed by atoms with Gasteiger partial charge in [0.1, 0.15) is 11.5 Å². The molecule has 0 spiro atoms. The van der Waals surface area contributed by atoms with Crippen molar-refractivity contribution in [3.05, 3.63) is 54.1 Å². The molecular formula is C22H26N4O5. The second-order valence-electron chi connectivity index (χ2n) is 6.59. The highest BCUT2D eigenvalue weighted by Gasteiger charge is 2.14. The van der Waals surface area contributed by atoms with Crippen molar-refractivity contribution in [2.45, 2.75) is 26.3 Å². The predicted molar refractivity (Wildman–Crippen MR) is 117 cm³/mol. The van der Waals surface area contributed by atoms with Crippen molar-refractivity contribution in [3.63, 3.8) is 0 Å². The van der Waals surface area contributed by atoms with Gasteiger partial charge in [-0.25, -0.2) is 5.43 Å². The van der Waals surface area contributed by atoms with Crippen LogP contribution in [0.3, 0.4) is 0 Å². The standard InChI is InChI=1S/C22H26N4O5/c1-4-15(2)24-21(28)22(29)26-23-13-16-8-5-6-11-19(16)31-14-20(27)25-17-9-7-10-18(12-17)30-3/h5-13,15H,4,14H2,1-3H3,(H,24,28)(H,25,27)(H,26,29)/b23-13-/t15-/m1/s1. The first-order chi connectivity index (χ1) is 14.9. The van der Waals surface area contributed by atoms with E-state index in [0.717, 1.165) is 0 Å². The number of carbonyl (C=O) groups is 3. The zero-order chi connectivity index (χ0) is 22.6. The van der Waals surface area contributed by atoms with E-state index in [9.17, 15) is 14.4 Å². The molecule has 2 aromatic carbocycles. The van der Waals surface area contributed by atoms with E-state index in [-0.39, 0.29) is 18.6 Å². The van der Waals surface area contributed by atoms with Gasteiger partial charge in [0.25, 0.3) is 5.91 Å². The van der Waals surface area contributed by atoms with Crippen LogP contribution >= 0.6 is 0 Å². The molecule has 0 radical (unpaired) electrons. The molecule has 2 rings (SSSR count). The Bertz CT molecular complexity index is 945. The molecule has 9 heteroatoms. The maximum Gasteiger partial charge on any atom is 0.329 e. The van der Waals surface area contributed by atoms with Crippen LogP contribution in [0.25, 0.3) is 0 Å². The van der Waals surface area contributed by atoms with E-state index in [1.807, 2.05) is 6.92 Å². The van der Waals surface area contributed by atoms with Crippen molar-refractivity contribution in [3.8, 4) is 11.5 Å². The van der Waals surface area contributed by atoms with Crippen LogP contribution in [0.2, 0.25) is 0 Å². The molecule has 1 atom stereocenters. The maximum absolute atomic E-state index is 12.2. The molecule has 0 fully saturated rings. The molecule has 0 aliphatic heterocycles. The molecule has 0 aliphatic carbocycles. The first-order valence-corrected chi connectivity index (χ1v) is 9.72. The van der Waals surface area contributed by atoms with E-state index in [1.165, 1.54) is 6.21 Å². The lowest BCUT2D eigenvalue weighted by Gasteiger charge is -2.10. The molecule has 3 N–H and O–H groups in total. The predicted octanol–water partition coefficient (Wildman–Crippen LogP) is 2.08. The highest BCUT2D eigenvalue weighted by atomic mass is 16.5. The number of rotatable bonds is 9. The van der Waals surface area contributed by atoms with E-state index in [1.54, 1.807) is 62.6 Å². The number of benzene rings is 2. The fourth-order valence-electron chi connectivity index (χ4n) is 2.36. The zero-order valence-corrected chi connectivity index (χ0v) is 17.7. The number of anilines is 1. The van der Waals surface area contributed by atoms with E-state index in [2.05, 4.69) is 21.2 Å². The van der Waals surface area contributed by atoms with Crippen LogP contribution in [0.4, 0.5) is 5.69 Å². The summed E-state index contributed by atoms with van der Waals surface area (Å²) >= 11 is 0. The van der Waals surface area contributed by atoms with Crippen molar-refractivity contribution in [2.75, 3.05) is 19.0 Å². The van der Waals surface area contributed by atoms with Crippen LogP contribution in [0, 0.1) is 0 Å². The second kappa shape index (κ2) is 12.0. The van der Waals surface area contributed by atoms with Crippen LogP contribution in [0.5, 0.6) is 11.5 Å². The van der Waals surface area contributed by atoms with Gasteiger partial charge in [0.15, 0.2) is 6.61 Å². The number of hydrazone groups is 1. The van der Waals surface area contributed by atoms with Crippen LogP contribution in [-0.2, 0) is 14.4 Å². The molecule has 0 aromatic heterocycles. The topological polar surface area (TPSA) is 118 Å². The quantitative estimate of drug-likeness (QED) is 0.322. The molecule has 31 heavy (non-hydrogen) atoms. The van der Waals surface area contributed by atoms with Gasteiger partial charge in [-0.1, -0.05) is 25.1 Å². The molecule has 0 aliphatic rings. The largest absolute Gasteiger partial charge is 0.497 e. The number of para-hydroxylation sites is 1. The number of hydrogen-bond donors (Lipinski definition) is 3. The summed E-state index contributed by atoms with van der Waals surface area (Å²) in [7, 11) is 1.54. The Balaban J connectivity index is 1.91. The average molecular weight is 426 g/mol. The number of nitrogens with zero attached hydrogens (tertiary/aromatic N) is 1. The Morgan fingerprint density at radius 1 is 1.10 bits per heavy atom. The third-order valence-electron chi connectivity index (χ3n) is 4.20. The van der Waals surface area contributed by atoms with Gasteiger partial charge in [-0.2, -0.15) is 5.10 Å². The SMILES string of the molecule is CC[C@@H](C)NC(=O)C(=O)N/N=C\c1ccccc1OCC(=O)Nc1cccc(OC)c1. The van der Waals surface area contributed by atoms with Gasteiger partial charge >= 0.3 is 11.8 Å². The number of amides is 3. The van der Waals surface area contributed by atoms with Crippen LogP contribution in [-0.4, -0.2) is 43.7 Å². The van der Waals surface area contributed by atoms with Crippen LogP contribution < -0.4 is 25.5 Å². The lowest BCUT2D eigenvalue weighted by atomic mass is 10.2. The Morgan fingerprint density at radius 2 is 1.87 bits per heavy atom. The molecule has 0 bridgehead atoms. The van der Waals surface area contributed by atoms with Gasteiger partial charge in [0.2, 0.25) is 0 Å². The summed E-state index contributed by atoms with van der Waals surface area (Å²) in [6.07, 6.45) is 2.04. The summed E-state index contributed by atoms with van der Waals surface area (Å²) in [5.74, 6) is -0.960. The fourth-order valence-corrected chi connectivity index (χ4v) is 2.36. The molecule has 2 aromatic rings. The normalized spacial score (nSPS) is 11.5. The lowest BCUT2D eigenvalue weighted by Crippen LogP contribution is -2.41. The summed E-state index contributed by atoms with van der Waals surface area (Å²) in [4.78, 5) is 35.7. The molecule has 9 nitrogen and oxygen atoms in total. The molecule has 3 amide bonds. The smallest absolute Gasteiger partial charge is 0.329 e. The number of carbonyl (C=O) groups excluding carboxylic acids is 3. The molecule has 164 valence electrons. The average Bonchev–Trinajstić information content (AvgIpc) is 2.78. The number of ether oxygens (including phenoxy) is 2. The van der Waals surface area contributed by atoms with Crippen LogP contribution in [0.1, 0.15) is 25.8 Å². The van der Waals surface area contributed by atoms with E-state index in [4.69, 9.17) is 9.47 Å². The Morgan fingerprint density at radius 3 is 2.61 bits per heavy atom. The highest BCUT2D eigenvalue weighted by Crippen LogP contribution is 2.18. The Hall–Kier alpha value is -3.88. The zero-order valence-electron chi connectivity index (χ0n) is 17.7. The summed E-state index contributed by atoms with van der Waals surface area (Å²) in [5, 5.41) is 9.06. The van der Waals surface area contributed by atoms with Gasteiger partial charge in [-0.3, -0.25) is 14.4 Å². The fraction of sp³-hybridized carbons (Fsp3) is 0.273. The maximum atomic E-state index is 12.2. The summed E-state index contributed by atoms with van der Waals surface area (Å²) < 4.78 is 10.7. The number of hydrogen-bond acceptors (Lipinski definition) is 6. The van der Waals surface area contributed by atoms with Gasteiger partial charge in [-0.05, 0) is 37.6 Å². The lowest BCUT2D eigenvalue weighted by molar-refractivity contribution is -0.139. The molecule has 0 unspecified atom stereocenters. The first-order valence-electron chi connectivity index (χ1n) is 9.72. The van der Waals surface area contributed by atoms with Gasteiger partial charge in [-0.15, -0.1) is 0 Å². The van der Waals surface area contributed by atoms with Crippen molar-refractivity contribution in [1.29, 1.82) is 0 Å². The van der Waals surface area contributed by atoms with Crippen molar-refractivity contribution in [2.24, 2.45) is 5.10 Å². The van der Waals surface area contributed by atoms with Gasteiger partial charge < -0.3 is 20.1 Å². The number of methoxy groups -OCH3 is 1. The van der Waals surface area contributed by atoms with Crippen LogP contribution in [0.15, 0.2) is 53.6 Å². The van der Waals surface area contributed by atoms with E-state index >= 15 is 0 Å². The second-order valence-corrected chi connectivity index (χ2v) is 6.59. The van der Waals surface area contributed by atoms with Crippen molar-refractivity contribution >= 4 is 29.6 Å². The minimum atomic E-state index is -0.868. The summed E-state index contributed by atoms with van der Waals surface area (Å²) in [5.41, 5.74) is 3.28. The highest BCUT2D eigenvalue weighted by molar-refractivity contribution is 6.35. The minimum absolute atomic E-state index is 0.112. The molecule has 0 saturated heterocycles. The van der Waals surface area contributed by atoms with E-state index < -0.39 is 11.8 Å². The van der Waals surface area contributed by atoms with E-state index in [0.29, 0.717) is 29.2 Å². The van der Waals surface area contributed by atoms with Gasteiger partial charge in [0.05, 0.1) is 13.3 Å². The van der Waals surface area contributed by atoms with Crippen molar-refractivity contribution < 1.29 is 23.9 Å². The first kappa shape index (κ1) is 23.4.